The second-order valence-electron chi connectivity index (χ2n) is 6.30. The van der Waals surface area contributed by atoms with Gasteiger partial charge in [0.05, 0.1) is 10.6 Å². The lowest BCUT2D eigenvalue weighted by molar-refractivity contribution is 0.0944. The van der Waals surface area contributed by atoms with Gasteiger partial charge in [0.2, 0.25) is 5.82 Å². The molecule has 4 rings (SSSR count). The molecule has 8 heteroatoms. The summed E-state index contributed by atoms with van der Waals surface area (Å²) in [5, 5.41) is 18.6. The molecule has 1 amide bonds. The van der Waals surface area contributed by atoms with Gasteiger partial charge in [-0.15, -0.1) is 16.4 Å². The Kier molecular flexibility index (Phi) is 5.35. The average Bonchev–Trinajstić information content (AvgIpc) is 3.38. The third-order valence-electron chi connectivity index (χ3n) is 4.23. The van der Waals surface area contributed by atoms with E-state index in [4.69, 9.17) is 0 Å². The van der Waals surface area contributed by atoms with Gasteiger partial charge in [-0.2, -0.15) is 0 Å². The number of hydrogen-bond acceptors (Lipinski definition) is 5. The second kappa shape index (κ2) is 8.24. The van der Waals surface area contributed by atoms with Gasteiger partial charge in [0.1, 0.15) is 11.6 Å². The number of thiophene rings is 1. The van der Waals surface area contributed by atoms with Crippen LogP contribution in [0.4, 0.5) is 4.39 Å². The van der Waals surface area contributed by atoms with E-state index in [0.29, 0.717) is 24.5 Å². The molecule has 2 heterocycles. The van der Waals surface area contributed by atoms with E-state index in [2.05, 4.69) is 15.4 Å². The largest absolute Gasteiger partial charge is 0.508 e. The molecule has 0 atom stereocenters. The number of phenols is 1. The smallest absolute Gasteiger partial charge is 0.291 e. The van der Waals surface area contributed by atoms with Crippen molar-refractivity contribution in [3.8, 4) is 22.1 Å². The van der Waals surface area contributed by atoms with Gasteiger partial charge in [-0.25, -0.2) is 14.1 Å². The summed E-state index contributed by atoms with van der Waals surface area (Å²) in [6.45, 7) is 0.377. The van der Waals surface area contributed by atoms with E-state index in [9.17, 15) is 14.3 Å². The zero-order chi connectivity index (χ0) is 20.2. The summed E-state index contributed by atoms with van der Waals surface area (Å²) in [5.41, 5.74) is 1.52. The fraction of sp³-hybridized carbons (Fsp3) is 0.0952. The summed E-state index contributed by atoms with van der Waals surface area (Å²) in [5.74, 6) is -0.00669. The number of hydrogen-bond donors (Lipinski definition) is 2. The number of rotatable bonds is 6. The Morgan fingerprint density at radius 2 is 1.97 bits per heavy atom. The lowest BCUT2D eigenvalue weighted by Crippen LogP contribution is -2.26. The summed E-state index contributed by atoms with van der Waals surface area (Å²) in [6.07, 6.45) is 0.566. The summed E-state index contributed by atoms with van der Waals surface area (Å²) in [4.78, 5) is 17.8. The molecule has 0 saturated heterocycles. The van der Waals surface area contributed by atoms with E-state index in [1.165, 1.54) is 28.2 Å². The summed E-state index contributed by atoms with van der Waals surface area (Å²) >= 11 is 1.48. The van der Waals surface area contributed by atoms with E-state index >= 15 is 0 Å². The van der Waals surface area contributed by atoms with Crippen molar-refractivity contribution in [1.29, 1.82) is 0 Å². The molecule has 6 nitrogen and oxygen atoms in total. The van der Waals surface area contributed by atoms with Crippen molar-refractivity contribution in [2.75, 3.05) is 6.54 Å². The Hall–Kier alpha value is -3.52. The molecule has 0 aliphatic heterocycles. The third-order valence-corrected chi connectivity index (χ3v) is 5.10. The molecule has 0 bridgehead atoms. The van der Waals surface area contributed by atoms with Crippen molar-refractivity contribution < 1.29 is 14.3 Å². The molecule has 0 unspecified atom stereocenters. The van der Waals surface area contributed by atoms with E-state index in [-0.39, 0.29) is 17.4 Å². The van der Waals surface area contributed by atoms with Crippen molar-refractivity contribution in [2.24, 2.45) is 0 Å². The Bertz CT molecular complexity index is 1120. The van der Waals surface area contributed by atoms with Gasteiger partial charge in [0.25, 0.3) is 5.91 Å². The number of nitrogens with one attached hydrogen (secondary N) is 1. The van der Waals surface area contributed by atoms with Crippen molar-refractivity contribution in [3.63, 3.8) is 0 Å². The summed E-state index contributed by atoms with van der Waals surface area (Å²) in [7, 11) is 0. The van der Waals surface area contributed by atoms with Crippen LogP contribution in [0.25, 0.3) is 16.4 Å². The minimum atomic E-state index is -0.399. The number of nitrogens with zero attached hydrogens (tertiary/aromatic N) is 3. The highest BCUT2D eigenvalue weighted by molar-refractivity contribution is 7.13. The van der Waals surface area contributed by atoms with Crippen LogP contribution in [-0.2, 0) is 6.42 Å². The normalized spacial score (nSPS) is 10.8. The number of amides is 1. The lowest BCUT2D eigenvalue weighted by atomic mass is 10.1. The first kappa shape index (κ1) is 18.8. The molecule has 0 radical (unpaired) electrons. The van der Waals surface area contributed by atoms with Gasteiger partial charge in [-0.1, -0.05) is 18.2 Å². The molecule has 0 fully saturated rings. The molecule has 2 N–H and O–H groups in total. The topological polar surface area (TPSA) is 80.0 Å². The lowest BCUT2D eigenvalue weighted by Gasteiger charge is -2.04. The molecular weight excluding hydrogens is 391 g/mol. The number of aromatic nitrogens is 3. The number of benzene rings is 2. The van der Waals surface area contributed by atoms with Gasteiger partial charge in [-0.05, 0) is 59.8 Å². The minimum Gasteiger partial charge on any atom is -0.508 e. The molecule has 0 aliphatic carbocycles. The fourth-order valence-electron chi connectivity index (χ4n) is 2.85. The third kappa shape index (κ3) is 4.33. The first-order valence-electron chi connectivity index (χ1n) is 8.93. The van der Waals surface area contributed by atoms with Gasteiger partial charge in [0.15, 0.2) is 5.82 Å². The van der Waals surface area contributed by atoms with Crippen LogP contribution in [0.5, 0.6) is 5.75 Å². The predicted octanol–water partition coefficient (Wildman–Crippen LogP) is 3.81. The first-order chi connectivity index (χ1) is 14.1. The van der Waals surface area contributed by atoms with Gasteiger partial charge >= 0.3 is 0 Å². The Labute approximate surface area is 170 Å². The number of carbonyl (C=O) groups is 1. The Balaban J connectivity index is 1.55. The highest BCUT2D eigenvalue weighted by atomic mass is 32.1. The highest BCUT2D eigenvalue weighted by Gasteiger charge is 2.19. The molecule has 146 valence electrons. The van der Waals surface area contributed by atoms with E-state index in [1.54, 1.807) is 30.3 Å². The predicted molar refractivity (Wildman–Crippen MR) is 109 cm³/mol. The maximum atomic E-state index is 13.3. The van der Waals surface area contributed by atoms with Gasteiger partial charge < -0.3 is 10.4 Å². The second-order valence-corrected chi connectivity index (χ2v) is 7.25. The molecule has 29 heavy (non-hydrogen) atoms. The van der Waals surface area contributed by atoms with E-state index < -0.39 is 5.91 Å². The Morgan fingerprint density at radius 1 is 1.14 bits per heavy atom. The summed E-state index contributed by atoms with van der Waals surface area (Å²) < 4.78 is 14.8. The minimum absolute atomic E-state index is 0.0358. The van der Waals surface area contributed by atoms with Crippen LogP contribution in [-0.4, -0.2) is 32.3 Å². The van der Waals surface area contributed by atoms with Crippen LogP contribution in [0.15, 0.2) is 66.0 Å². The van der Waals surface area contributed by atoms with Gasteiger partial charge in [-0.3, -0.25) is 4.79 Å². The van der Waals surface area contributed by atoms with Crippen LogP contribution in [0.2, 0.25) is 0 Å². The van der Waals surface area contributed by atoms with Crippen LogP contribution >= 0.6 is 11.3 Å². The van der Waals surface area contributed by atoms with Crippen molar-refractivity contribution in [3.05, 3.63) is 83.2 Å². The fourth-order valence-corrected chi connectivity index (χ4v) is 3.55. The number of phenolic OH excluding ortho intramolecular Hbond substituents is 1. The molecular formula is C21H17FN4O2S. The van der Waals surface area contributed by atoms with Gasteiger partial charge in [0, 0.05) is 6.54 Å². The quantitative estimate of drug-likeness (QED) is 0.508. The number of halogens is 1. The number of aromatic hydroxyl groups is 1. The molecule has 2 aromatic carbocycles. The van der Waals surface area contributed by atoms with Crippen LogP contribution in [0, 0.1) is 5.82 Å². The summed E-state index contributed by atoms with van der Waals surface area (Å²) in [6, 6.07) is 16.5. The highest BCUT2D eigenvalue weighted by Crippen LogP contribution is 2.25. The van der Waals surface area contributed by atoms with E-state index in [1.807, 2.05) is 23.6 Å². The maximum Gasteiger partial charge on any atom is 0.291 e. The molecule has 2 aromatic heterocycles. The van der Waals surface area contributed by atoms with E-state index in [0.717, 1.165) is 10.4 Å². The Morgan fingerprint density at radius 3 is 2.69 bits per heavy atom. The maximum absolute atomic E-state index is 13.3. The van der Waals surface area contributed by atoms with Crippen molar-refractivity contribution in [2.45, 2.75) is 6.42 Å². The zero-order valence-corrected chi connectivity index (χ0v) is 16.1. The van der Waals surface area contributed by atoms with Crippen molar-refractivity contribution >= 4 is 17.2 Å². The molecule has 0 saturated carbocycles. The standard InChI is InChI=1S/C21H17FN4O2S/c22-15-6-8-16(9-7-15)26-20(18-5-2-12-29-18)24-19(25-26)21(28)23-11-10-14-3-1-4-17(27)13-14/h1-9,12-13,27H,10-11H2,(H,23,28). The zero-order valence-electron chi connectivity index (χ0n) is 15.2. The molecule has 0 aliphatic rings. The monoisotopic (exact) mass is 408 g/mol. The molecule has 0 spiro atoms. The SMILES string of the molecule is O=C(NCCc1cccc(O)c1)c1nc(-c2cccs2)n(-c2ccc(F)cc2)n1. The van der Waals surface area contributed by atoms with Crippen LogP contribution < -0.4 is 5.32 Å². The van der Waals surface area contributed by atoms with Crippen LogP contribution in [0.3, 0.4) is 0 Å². The average molecular weight is 408 g/mol. The molecule has 4 aromatic rings. The van der Waals surface area contributed by atoms with Crippen LogP contribution in [0.1, 0.15) is 16.2 Å². The number of carbonyl (C=O) groups excluding carboxylic acids is 1. The van der Waals surface area contributed by atoms with Crippen molar-refractivity contribution in [1.82, 2.24) is 20.1 Å². The first-order valence-corrected chi connectivity index (χ1v) is 9.81.